The van der Waals surface area contributed by atoms with Crippen molar-refractivity contribution in [1.82, 2.24) is 0 Å². The summed E-state index contributed by atoms with van der Waals surface area (Å²) in [6.07, 6.45) is 1.64. The third-order valence-corrected chi connectivity index (χ3v) is 1.84. The second kappa shape index (κ2) is 4.28. The molecule has 12 heavy (non-hydrogen) atoms. The van der Waals surface area contributed by atoms with Gasteiger partial charge in [0.05, 0.1) is 0 Å². The number of nitrogens with zero attached hydrogens (tertiary/aromatic N) is 1. The predicted molar refractivity (Wildman–Crippen MR) is 60.7 cm³/mol. The molecule has 0 radical (unpaired) electrons. The van der Waals surface area contributed by atoms with Gasteiger partial charge >= 0.3 is 0 Å². The Kier molecular flexibility index (Phi) is 3.31. The molecule has 0 amide bonds. The smallest absolute Gasteiger partial charge is 0.141 e. The third-order valence-electron chi connectivity index (χ3n) is 1.42. The maximum absolute atomic E-state index is 4.92. The second-order valence-corrected chi connectivity index (χ2v) is 3.28. The van der Waals surface area contributed by atoms with Crippen molar-refractivity contribution < 1.29 is 0 Å². The highest BCUT2D eigenvalue weighted by atomic mass is 32.1. The molecular weight excluding hydrogens is 186 g/mol. The van der Waals surface area contributed by atoms with Gasteiger partial charge in [0.2, 0.25) is 0 Å². The normalized spacial score (nSPS) is 9.08. The van der Waals surface area contributed by atoms with Gasteiger partial charge in [0.15, 0.2) is 0 Å². The Morgan fingerprint density at radius 3 is 2.42 bits per heavy atom. The highest BCUT2D eigenvalue weighted by Gasteiger charge is 2.02. The maximum Gasteiger partial charge on any atom is 0.141 e. The van der Waals surface area contributed by atoms with Crippen LogP contribution in [0.4, 0.5) is 5.69 Å². The van der Waals surface area contributed by atoms with Crippen molar-refractivity contribution in [2.45, 2.75) is 0 Å². The van der Waals surface area contributed by atoms with Gasteiger partial charge in [-0.1, -0.05) is 37.0 Å². The minimum Gasteiger partial charge on any atom is -0.304 e. The van der Waals surface area contributed by atoms with E-state index >= 15 is 0 Å². The Balaban J connectivity index is 2.95. The van der Waals surface area contributed by atoms with Crippen LogP contribution in [0.15, 0.2) is 43.1 Å². The molecule has 3 heteroatoms. The summed E-state index contributed by atoms with van der Waals surface area (Å²) in [6, 6.07) is 9.73. The van der Waals surface area contributed by atoms with Crippen LogP contribution in [0.3, 0.4) is 0 Å². The van der Waals surface area contributed by atoms with E-state index in [9.17, 15) is 0 Å². The monoisotopic (exact) mass is 195 g/mol. The Hall–Kier alpha value is -0.800. The molecule has 0 atom stereocenters. The summed E-state index contributed by atoms with van der Waals surface area (Å²) in [5.41, 5.74) is 0.979. The molecule has 0 saturated heterocycles. The van der Waals surface area contributed by atoms with E-state index in [1.54, 1.807) is 11.1 Å². The van der Waals surface area contributed by atoms with Gasteiger partial charge in [0, 0.05) is 11.9 Å². The van der Waals surface area contributed by atoms with E-state index in [2.05, 4.69) is 19.2 Å². The van der Waals surface area contributed by atoms with Gasteiger partial charge in [-0.3, -0.25) is 0 Å². The molecule has 0 saturated carbocycles. The van der Waals surface area contributed by atoms with Crippen LogP contribution in [-0.4, -0.2) is 4.32 Å². The van der Waals surface area contributed by atoms with E-state index in [1.807, 2.05) is 30.3 Å². The first kappa shape index (κ1) is 9.29. The summed E-state index contributed by atoms with van der Waals surface area (Å²) in [4.78, 5) is 1.73. The van der Waals surface area contributed by atoms with Crippen LogP contribution >= 0.6 is 24.8 Å². The molecule has 0 aliphatic rings. The predicted octanol–water partition coefficient (Wildman–Crippen LogP) is 2.85. The maximum atomic E-state index is 4.92. The molecule has 0 aromatic heterocycles. The fourth-order valence-electron chi connectivity index (χ4n) is 0.883. The van der Waals surface area contributed by atoms with Crippen molar-refractivity contribution in [1.29, 1.82) is 0 Å². The largest absolute Gasteiger partial charge is 0.304 e. The van der Waals surface area contributed by atoms with E-state index in [1.165, 1.54) is 0 Å². The van der Waals surface area contributed by atoms with Crippen LogP contribution in [0.2, 0.25) is 0 Å². The Labute approximate surface area is 83.1 Å². The topological polar surface area (TPSA) is 3.24 Å². The zero-order valence-corrected chi connectivity index (χ0v) is 8.18. The zero-order valence-electron chi connectivity index (χ0n) is 6.47. The molecule has 0 spiro atoms. The number of hydrogen-bond donors (Lipinski definition) is 1. The van der Waals surface area contributed by atoms with E-state index in [0.717, 1.165) is 5.69 Å². The summed E-state index contributed by atoms with van der Waals surface area (Å²) in [5.74, 6) is 0. The SMILES string of the molecule is C=CN(C(=S)S)c1ccccc1. The average molecular weight is 195 g/mol. The Morgan fingerprint density at radius 2 is 2.00 bits per heavy atom. The fourth-order valence-corrected chi connectivity index (χ4v) is 1.26. The number of benzene rings is 1. The van der Waals surface area contributed by atoms with E-state index < -0.39 is 0 Å². The van der Waals surface area contributed by atoms with Crippen LogP contribution in [-0.2, 0) is 0 Å². The lowest BCUT2D eigenvalue weighted by atomic mass is 10.3. The second-order valence-electron chi connectivity index (χ2n) is 2.17. The quantitative estimate of drug-likeness (QED) is 0.571. The van der Waals surface area contributed by atoms with Crippen LogP contribution in [0, 0.1) is 0 Å². The summed E-state index contributed by atoms with van der Waals surface area (Å²) >= 11 is 8.99. The van der Waals surface area contributed by atoms with Gasteiger partial charge in [0.25, 0.3) is 0 Å². The number of anilines is 1. The molecule has 1 nitrogen and oxygen atoms in total. The average Bonchev–Trinajstić information content (AvgIpc) is 2.07. The van der Waals surface area contributed by atoms with Crippen LogP contribution in [0.1, 0.15) is 0 Å². The van der Waals surface area contributed by atoms with Crippen LogP contribution in [0.25, 0.3) is 0 Å². The molecule has 62 valence electrons. The van der Waals surface area contributed by atoms with Gasteiger partial charge in [0.1, 0.15) is 4.32 Å². The van der Waals surface area contributed by atoms with Crippen LogP contribution < -0.4 is 4.90 Å². The van der Waals surface area contributed by atoms with Crippen molar-refractivity contribution >= 4 is 34.9 Å². The van der Waals surface area contributed by atoms with Gasteiger partial charge in [-0.15, -0.1) is 12.6 Å². The molecule has 1 rings (SSSR count). The fraction of sp³-hybridized carbons (Fsp3) is 0. The van der Waals surface area contributed by atoms with E-state index in [4.69, 9.17) is 12.2 Å². The number of para-hydroxylation sites is 1. The van der Waals surface area contributed by atoms with E-state index in [-0.39, 0.29) is 0 Å². The first-order valence-corrected chi connectivity index (χ1v) is 4.31. The molecule has 1 aromatic rings. The molecule has 0 unspecified atom stereocenters. The van der Waals surface area contributed by atoms with Crippen molar-refractivity contribution in [3.05, 3.63) is 43.1 Å². The molecule has 0 aliphatic heterocycles. The number of hydrogen-bond acceptors (Lipinski definition) is 1. The van der Waals surface area contributed by atoms with E-state index in [0.29, 0.717) is 4.32 Å². The van der Waals surface area contributed by atoms with Crippen LogP contribution in [0.5, 0.6) is 0 Å². The molecule has 0 bridgehead atoms. The molecule has 0 heterocycles. The van der Waals surface area contributed by atoms with Crippen molar-refractivity contribution in [2.75, 3.05) is 4.90 Å². The molecule has 1 aromatic carbocycles. The summed E-state index contributed by atoms with van der Waals surface area (Å²) in [6.45, 7) is 3.65. The number of rotatable bonds is 2. The highest BCUT2D eigenvalue weighted by molar-refractivity contribution is 8.11. The molecule has 0 aliphatic carbocycles. The van der Waals surface area contributed by atoms with Gasteiger partial charge in [-0.2, -0.15) is 0 Å². The minimum absolute atomic E-state index is 0.496. The Bertz CT molecular complexity index is 282. The minimum atomic E-state index is 0.496. The summed E-state index contributed by atoms with van der Waals surface area (Å²) in [5, 5.41) is 0. The van der Waals surface area contributed by atoms with Crippen molar-refractivity contribution in [3.63, 3.8) is 0 Å². The lowest BCUT2D eigenvalue weighted by Gasteiger charge is -2.16. The van der Waals surface area contributed by atoms with Crippen molar-refractivity contribution in [2.24, 2.45) is 0 Å². The van der Waals surface area contributed by atoms with Gasteiger partial charge in [-0.05, 0) is 12.1 Å². The van der Waals surface area contributed by atoms with Gasteiger partial charge < -0.3 is 4.90 Å². The lowest BCUT2D eigenvalue weighted by Crippen LogP contribution is -2.17. The lowest BCUT2D eigenvalue weighted by molar-refractivity contribution is 1.41. The molecule has 0 N–H and O–H groups in total. The highest BCUT2D eigenvalue weighted by Crippen LogP contribution is 2.15. The zero-order chi connectivity index (χ0) is 8.97. The summed E-state index contributed by atoms with van der Waals surface area (Å²) < 4.78 is 0.496. The Morgan fingerprint density at radius 1 is 1.42 bits per heavy atom. The standard InChI is InChI=1S/C9H9NS2/c1-2-10(9(11)12)8-6-4-3-5-7-8/h2-7H,1H2,(H,11,12). The first-order valence-electron chi connectivity index (χ1n) is 3.45. The number of thiocarbonyl (C=S) groups is 1. The first-order chi connectivity index (χ1) is 5.75. The number of thiol groups is 1. The molecule has 0 fully saturated rings. The molecular formula is C9H9NS2. The third kappa shape index (κ3) is 2.09. The van der Waals surface area contributed by atoms with Crippen molar-refractivity contribution in [3.8, 4) is 0 Å². The summed E-state index contributed by atoms with van der Waals surface area (Å²) in [7, 11) is 0. The van der Waals surface area contributed by atoms with Gasteiger partial charge in [-0.25, -0.2) is 0 Å².